The lowest BCUT2D eigenvalue weighted by Gasteiger charge is -2.17. The summed E-state index contributed by atoms with van der Waals surface area (Å²) >= 11 is 6.54. The molecule has 4 rings (SSSR count). The van der Waals surface area contributed by atoms with Gasteiger partial charge in [0.15, 0.2) is 0 Å². The minimum absolute atomic E-state index is 0.145. The predicted octanol–water partition coefficient (Wildman–Crippen LogP) is 4.13. The van der Waals surface area contributed by atoms with Gasteiger partial charge in [0.05, 0.1) is 22.7 Å². The van der Waals surface area contributed by atoms with Gasteiger partial charge < -0.3 is 4.90 Å². The molecule has 0 aromatic heterocycles. The molecule has 2 aromatic carbocycles. The molecule has 2 aromatic rings. The molecule has 2 heterocycles. The van der Waals surface area contributed by atoms with Crippen molar-refractivity contribution in [2.75, 3.05) is 11.4 Å². The van der Waals surface area contributed by atoms with Gasteiger partial charge in [-0.1, -0.05) is 72.0 Å². The van der Waals surface area contributed by atoms with Crippen LogP contribution in [0.25, 0.3) is 5.57 Å². The first-order chi connectivity index (χ1) is 13.0. The van der Waals surface area contributed by atoms with E-state index in [0.29, 0.717) is 27.9 Å². The third kappa shape index (κ3) is 2.99. The molecule has 0 unspecified atom stereocenters. The number of carbonyl (C=O) groups excluding carboxylic acids is 2. The zero-order chi connectivity index (χ0) is 19.1. The molecule has 1 saturated heterocycles. The van der Waals surface area contributed by atoms with Crippen molar-refractivity contribution < 1.29 is 9.59 Å². The predicted molar refractivity (Wildman–Crippen MR) is 113 cm³/mol. The number of likely N-dealkylation sites (N-methyl/N-ethyl adjacent to an activating group) is 1. The average Bonchev–Trinajstić information content (AvgIpc) is 3.10. The van der Waals surface area contributed by atoms with Crippen molar-refractivity contribution in [1.29, 1.82) is 0 Å². The van der Waals surface area contributed by atoms with Crippen LogP contribution >= 0.6 is 24.0 Å². The number of hydrogen-bond donors (Lipinski definition) is 0. The van der Waals surface area contributed by atoms with Gasteiger partial charge in [0.2, 0.25) is 0 Å². The number of para-hydroxylation sites is 1. The Morgan fingerprint density at radius 3 is 2.33 bits per heavy atom. The summed E-state index contributed by atoms with van der Waals surface area (Å²) in [5.41, 5.74) is 4.32. The van der Waals surface area contributed by atoms with E-state index in [-0.39, 0.29) is 11.8 Å². The largest absolute Gasteiger partial charge is 0.303 e. The fourth-order valence-electron chi connectivity index (χ4n) is 3.35. The van der Waals surface area contributed by atoms with Crippen molar-refractivity contribution >= 4 is 51.4 Å². The van der Waals surface area contributed by atoms with E-state index in [4.69, 9.17) is 12.2 Å². The van der Waals surface area contributed by atoms with E-state index < -0.39 is 0 Å². The number of rotatable bonds is 3. The van der Waals surface area contributed by atoms with Crippen molar-refractivity contribution in [3.63, 3.8) is 0 Å². The summed E-state index contributed by atoms with van der Waals surface area (Å²) in [6, 6.07) is 15.8. The van der Waals surface area contributed by atoms with E-state index in [2.05, 4.69) is 0 Å². The van der Waals surface area contributed by atoms with Crippen molar-refractivity contribution in [2.24, 2.45) is 0 Å². The molecular formula is C21H18N2O2S2. The van der Waals surface area contributed by atoms with Crippen LogP contribution in [0.15, 0.2) is 53.4 Å². The Hall–Kier alpha value is -2.44. The zero-order valence-corrected chi connectivity index (χ0v) is 16.7. The summed E-state index contributed by atoms with van der Waals surface area (Å²) in [5, 5.41) is 0. The van der Waals surface area contributed by atoms with E-state index in [1.54, 1.807) is 9.80 Å². The summed E-state index contributed by atoms with van der Waals surface area (Å²) in [7, 11) is 0. The van der Waals surface area contributed by atoms with E-state index in [9.17, 15) is 9.59 Å². The van der Waals surface area contributed by atoms with Crippen LogP contribution < -0.4 is 4.90 Å². The van der Waals surface area contributed by atoms with E-state index in [0.717, 1.165) is 16.8 Å². The SMILES string of the molecule is CCN1C(=O)/C(=C2/C(=O)N(Cc3ccc(C)cc3)c3ccccc32)SC1=S. The summed E-state index contributed by atoms with van der Waals surface area (Å²) < 4.78 is 0.507. The third-order valence-corrected chi connectivity index (χ3v) is 6.23. The fraction of sp³-hybridized carbons (Fsp3) is 0.190. The Kier molecular flexibility index (Phi) is 4.61. The van der Waals surface area contributed by atoms with Gasteiger partial charge in [-0.2, -0.15) is 0 Å². The summed E-state index contributed by atoms with van der Waals surface area (Å²) in [6.45, 7) is 4.89. The molecule has 2 aliphatic heterocycles. The third-order valence-electron chi connectivity index (χ3n) is 4.78. The van der Waals surface area contributed by atoms with Gasteiger partial charge in [0, 0.05) is 12.1 Å². The van der Waals surface area contributed by atoms with Crippen molar-refractivity contribution in [2.45, 2.75) is 20.4 Å². The number of thiocarbonyl (C=S) groups is 1. The quantitative estimate of drug-likeness (QED) is 0.580. The number of fused-ring (bicyclic) bond motifs is 1. The smallest absolute Gasteiger partial charge is 0.266 e. The Morgan fingerprint density at radius 2 is 1.67 bits per heavy atom. The van der Waals surface area contributed by atoms with E-state index in [1.165, 1.54) is 17.3 Å². The van der Waals surface area contributed by atoms with Gasteiger partial charge in [-0.3, -0.25) is 14.5 Å². The number of aryl methyl sites for hydroxylation is 1. The molecule has 0 saturated carbocycles. The number of anilines is 1. The number of nitrogens with zero attached hydrogens (tertiary/aromatic N) is 2. The van der Waals surface area contributed by atoms with Crippen LogP contribution in [0.4, 0.5) is 5.69 Å². The van der Waals surface area contributed by atoms with Gasteiger partial charge in [0.1, 0.15) is 4.32 Å². The number of benzene rings is 2. The maximum Gasteiger partial charge on any atom is 0.266 e. The highest BCUT2D eigenvalue weighted by Gasteiger charge is 2.41. The summed E-state index contributed by atoms with van der Waals surface area (Å²) in [5.74, 6) is -0.323. The molecule has 2 aliphatic rings. The molecule has 6 heteroatoms. The van der Waals surface area contributed by atoms with E-state index in [1.807, 2.05) is 62.4 Å². The molecule has 0 bridgehead atoms. The standard InChI is InChI=1S/C21H18N2O2S2/c1-3-22-20(25)18(27-21(22)26)17-15-6-4-5-7-16(15)23(19(17)24)12-14-10-8-13(2)9-11-14/h4-11H,3,12H2,1-2H3/b18-17-. The van der Waals surface area contributed by atoms with Crippen LogP contribution in [0.2, 0.25) is 0 Å². The lowest BCUT2D eigenvalue weighted by atomic mass is 10.1. The normalized spacial score (nSPS) is 19.3. The van der Waals surface area contributed by atoms with Crippen LogP contribution in [-0.4, -0.2) is 27.6 Å². The van der Waals surface area contributed by atoms with Crippen LogP contribution in [0, 0.1) is 6.92 Å². The molecular weight excluding hydrogens is 376 g/mol. The zero-order valence-electron chi connectivity index (χ0n) is 15.1. The number of amides is 2. The topological polar surface area (TPSA) is 40.6 Å². The molecule has 2 amide bonds. The highest BCUT2D eigenvalue weighted by Crippen LogP contribution is 2.44. The van der Waals surface area contributed by atoms with Gasteiger partial charge in [-0.25, -0.2) is 0 Å². The maximum absolute atomic E-state index is 13.3. The molecule has 27 heavy (non-hydrogen) atoms. The first-order valence-corrected chi connectivity index (χ1v) is 9.98. The number of hydrogen-bond acceptors (Lipinski definition) is 4. The van der Waals surface area contributed by atoms with Crippen LogP contribution in [0.5, 0.6) is 0 Å². The first-order valence-electron chi connectivity index (χ1n) is 8.76. The minimum atomic E-state index is -0.178. The second-order valence-corrected chi connectivity index (χ2v) is 8.16. The number of carbonyl (C=O) groups is 2. The van der Waals surface area contributed by atoms with Crippen LogP contribution in [0.3, 0.4) is 0 Å². The highest BCUT2D eigenvalue weighted by molar-refractivity contribution is 8.26. The second-order valence-electron chi connectivity index (χ2n) is 6.52. The lowest BCUT2D eigenvalue weighted by Crippen LogP contribution is -2.29. The average molecular weight is 395 g/mol. The Balaban J connectivity index is 1.79. The molecule has 4 nitrogen and oxygen atoms in total. The van der Waals surface area contributed by atoms with Gasteiger partial charge in [-0.05, 0) is 25.5 Å². The van der Waals surface area contributed by atoms with Crippen LogP contribution in [0.1, 0.15) is 23.6 Å². The van der Waals surface area contributed by atoms with Gasteiger partial charge in [0.25, 0.3) is 11.8 Å². The molecule has 1 fully saturated rings. The molecule has 0 atom stereocenters. The Morgan fingerprint density at radius 1 is 0.963 bits per heavy atom. The molecule has 0 spiro atoms. The number of thioether (sulfide) groups is 1. The fourth-order valence-corrected chi connectivity index (χ4v) is 4.81. The summed E-state index contributed by atoms with van der Waals surface area (Å²) in [6.07, 6.45) is 0. The highest BCUT2D eigenvalue weighted by atomic mass is 32.2. The molecule has 0 N–H and O–H groups in total. The lowest BCUT2D eigenvalue weighted by molar-refractivity contribution is -0.122. The Bertz CT molecular complexity index is 995. The van der Waals surface area contributed by atoms with E-state index >= 15 is 0 Å². The molecule has 0 aliphatic carbocycles. The monoisotopic (exact) mass is 394 g/mol. The molecule has 0 radical (unpaired) electrons. The summed E-state index contributed by atoms with van der Waals surface area (Å²) in [4.78, 5) is 29.8. The second kappa shape index (κ2) is 6.94. The van der Waals surface area contributed by atoms with Gasteiger partial charge >= 0.3 is 0 Å². The maximum atomic E-state index is 13.3. The van der Waals surface area contributed by atoms with Crippen molar-refractivity contribution in [3.8, 4) is 0 Å². The van der Waals surface area contributed by atoms with Crippen molar-refractivity contribution in [3.05, 3.63) is 70.1 Å². The first kappa shape index (κ1) is 17.9. The molecule has 136 valence electrons. The Labute approximate surface area is 167 Å². The van der Waals surface area contributed by atoms with Gasteiger partial charge in [-0.15, -0.1) is 0 Å². The van der Waals surface area contributed by atoms with Crippen molar-refractivity contribution in [1.82, 2.24) is 4.90 Å². The minimum Gasteiger partial charge on any atom is -0.303 e. The van der Waals surface area contributed by atoms with Crippen LogP contribution in [-0.2, 0) is 16.1 Å².